The van der Waals surface area contributed by atoms with Crippen LogP contribution in [0.1, 0.15) is 48.5 Å². The zero-order valence-corrected chi connectivity index (χ0v) is 17.0. The Morgan fingerprint density at radius 3 is 2.59 bits per heavy atom. The fraction of sp³-hybridized carbons (Fsp3) is 0.524. The summed E-state index contributed by atoms with van der Waals surface area (Å²) in [5.41, 5.74) is -0.230. The van der Waals surface area contributed by atoms with Gasteiger partial charge in [-0.1, -0.05) is 11.6 Å². The molecule has 4 fully saturated rings. The summed E-state index contributed by atoms with van der Waals surface area (Å²) < 4.78 is 17.1. The summed E-state index contributed by atoms with van der Waals surface area (Å²) in [6, 6.07) is 1.80. The van der Waals surface area contributed by atoms with E-state index in [1.54, 1.807) is 4.57 Å². The van der Waals surface area contributed by atoms with E-state index in [4.69, 9.17) is 11.6 Å². The van der Waals surface area contributed by atoms with Gasteiger partial charge in [0.25, 0.3) is 0 Å². The first-order chi connectivity index (χ1) is 13.9. The monoisotopic (exact) mass is 419 g/mol. The number of rotatable bonds is 3. The minimum atomic E-state index is -1.31. The molecule has 1 aliphatic carbocycles. The fourth-order valence-electron chi connectivity index (χ4n) is 5.01. The van der Waals surface area contributed by atoms with Crippen LogP contribution in [0.15, 0.2) is 17.1 Å². The van der Waals surface area contributed by atoms with Crippen molar-refractivity contribution in [1.29, 1.82) is 0 Å². The van der Waals surface area contributed by atoms with Crippen LogP contribution in [0.25, 0.3) is 10.9 Å². The van der Waals surface area contributed by atoms with Gasteiger partial charge in [-0.05, 0) is 45.2 Å². The second kappa shape index (κ2) is 6.71. The van der Waals surface area contributed by atoms with Gasteiger partial charge in [0, 0.05) is 37.4 Å². The Balaban J connectivity index is 1.74. The second-order valence-electron chi connectivity index (χ2n) is 8.56. The van der Waals surface area contributed by atoms with Crippen LogP contribution in [0.3, 0.4) is 0 Å². The topological polar surface area (TPSA) is 65.8 Å². The number of aromatic carboxylic acids is 1. The van der Waals surface area contributed by atoms with Crippen molar-refractivity contribution in [3.8, 4) is 0 Å². The van der Waals surface area contributed by atoms with Crippen molar-refractivity contribution in [2.24, 2.45) is 0 Å². The number of hydrogen-bond donors (Lipinski definition) is 1. The fourth-order valence-corrected chi connectivity index (χ4v) is 5.40. The van der Waals surface area contributed by atoms with Crippen molar-refractivity contribution < 1.29 is 14.3 Å². The smallest absolute Gasteiger partial charge is 0.341 e. The summed E-state index contributed by atoms with van der Waals surface area (Å²) in [7, 11) is 2.11. The summed E-state index contributed by atoms with van der Waals surface area (Å²) in [4.78, 5) is 28.7. The van der Waals surface area contributed by atoms with Crippen molar-refractivity contribution in [2.45, 2.75) is 50.2 Å². The highest BCUT2D eigenvalue weighted by Crippen LogP contribution is 2.43. The third-order valence-electron chi connectivity index (χ3n) is 6.69. The molecule has 1 saturated carbocycles. The van der Waals surface area contributed by atoms with Crippen molar-refractivity contribution >= 4 is 34.2 Å². The van der Waals surface area contributed by atoms with Crippen LogP contribution in [0.5, 0.6) is 0 Å². The molecule has 2 bridgehead atoms. The van der Waals surface area contributed by atoms with Crippen LogP contribution >= 0.6 is 11.6 Å². The first-order valence-electron chi connectivity index (χ1n) is 10.1. The van der Waals surface area contributed by atoms with E-state index < -0.39 is 17.2 Å². The Morgan fingerprint density at radius 2 is 1.90 bits per heavy atom. The predicted molar refractivity (Wildman–Crippen MR) is 110 cm³/mol. The highest BCUT2D eigenvalue weighted by atomic mass is 35.5. The van der Waals surface area contributed by atoms with Gasteiger partial charge in [0.1, 0.15) is 11.4 Å². The molecule has 2 atom stereocenters. The van der Waals surface area contributed by atoms with Crippen LogP contribution in [0.4, 0.5) is 10.1 Å². The average molecular weight is 420 g/mol. The summed E-state index contributed by atoms with van der Waals surface area (Å²) in [6.07, 6.45) is 6.30. The Hall–Kier alpha value is -2.12. The Morgan fingerprint density at radius 1 is 1.17 bits per heavy atom. The lowest BCUT2D eigenvalue weighted by Crippen LogP contribution is -2.55. The van der Waals surface area contributed by atoms with Gasteiger partial charge >= 0.3 is 5.97 Å². The molecule has 0 radical (unpaired) electrons. The average Bonchev–Trinajstić information content (AvgIpc) is 3.51. The van der Waals surface area contributed by atoms with Crippen molar-refractivity contribution in [3.05, 3.63) is 38.9 Å². The molecule has 6 nitrogen and oxygen atoms in total. The highest BCUT2D eigenvalue weighted by molar-refractivity contribution is 6.38. The molecule has 2 aromatic rings. The molecule has 1 aromatic heterocycles. The number of piperazine rings is 1. The minimum Gasteiger partial charge on any atom is -0.477 e. The molecule has 8 heteroatoms. The molecular weight excluding hydrogens is 397 g/mol. The third-order valence-corrected chi connectivity index (χ3v) is 7.04. The van der Waals surface area contributed by atoms with E-state index in [9.17, 15) is 14.7 Å². The van der Waals surface area contributed by atoms with Crippen LogP contribution in [0.2, 0.25) is 5.02 Å². The molecule has 0 spiro atoms. The predicted octanol–water partition coefficient (Wildman–Crippen LogP) is 3.50. The van der Waals surface area contributed by atoms with Gasteiger partial charge < -0.3 is 14.6 Å². The van der Waals surface area contributed by atoms with Crippen LogP contribution in [0, 0.1) is 5.82 Å². The normalized spacial score (nSPS) is 24.9. The first-order valence-corrected chi connectivity index (χ1v) is 10.5. The van der Waals surface area contributed by atoms with Crippen LogP contribution in [-0.2, 0) is 0 Å². The largest absolute Gasteiger partial charge is 0.477 e. The number of fused-ring (bicyclic) bond motifs is 5. The lowest BCUT2D eigenvalue weighted by atomic mass is 10.0. The number of carboxylic acid groups (broad SMARTS) is 1. The van der Waals surface area contributed by atoms with Crippen molar-refractivity contribution in [1.82, 2.24) is 9.47 Å². The van der Waals surface area contributed by atoms with E-state index >= 15 is 4.39 Å². The molecule has 4 aliphatic rings. The van der Waals surface area contributed by atoms with Crippen LogP contribution < -0.4 is 10.3 Å². The van der Waals surface area contributed by atoms with Gasteiger partial charge in [0.15, 0.2) is 0 Å². The molecule has 2 unspecified atom stereocenters. The number of benzene rings is 1. The number of carboxylic acids is 1. The summed E-state index contributed by atoms with van der Waals surface area (Å²) in [6.45, 7) is 1.55. The molecule has 0 amide bonds. The lowest BCUT2D eigenvalue weighted by Gasteiger charge is -2.44. The van der Waals surface area contributed by atoms with E-state index in [2.05, 4.69) is 16.8 Å². The van der Waals surface area contributed by atoms with Gasteiger partial charge in [-0.25, -0.2) is 9.18 Å². The number of halogens is 2. The molecule has 3 aliphatic heterocycles. The van der Waals surface area contributed by atoms with Crippen LogP contribution in [-0.4, -0.2) is 52.8 Å². The number of pyridine rings is 1. The Labute approximate surface area is 172 Å². The molecule has 6 rings (SSSR count). The zero-order valence-electron chi connectivity index (χ0n) is 16.2. The van der Waals surface area contributed by atoms with Gasteiger partial charge in [-0.15, -0.1) is 0 Å². The third kappa shape index (κ3) is 2.94. The summed E-state index contributed by atoms with van der Waals surface area (Å²) in [5.74, 6) is -1.86. The van der Waals surface area contributed by atoms with E-state index in [0.717, 1.165) is 38.6 Å². The van der Waals surface area contributed by atoms with Crippen molar-refractivity contribution in [3.63, 3.8) is 0 Å². The first kappa shape index (κ1) is 18.9. The van der Waals surface area contributed by atoms with Gasteiger partial charge in [0.05, 0.1) is 21.6 Å². The maximum Gasteiger partial charge on any atom is 0.341 e. The van der Waals surface area contributed by atoms with Gasteiger partial charge in [0.2, 0.25) is 5.43 Å². The number of carbonyl (C=O) groups is 1. The quantitative estimate of drug-likeness (QED) is 0.824. The molecule has 1 aromatic carbocycles. The van der Waals surface area contributed by atoms with E-state index in [1.165, 1.54) is 12.3 Å². The van der Waals surface area contributed by atoms with E-state index in [0.29, 0.717) is 23.8 Å². The molecule has 29 heavy (non-hydrogen) atoms. The van der Waals surface area contributed by atoms with Gasteiger partial charge in [-0.3, -0.25) is 9.69 Å². The van der Waals surface area contributed by atoms with Gasteiger partial charge in [-0.2, -0.15) is 0 Å². The number of nitrogens with zero attached hydrogens (tertiary/aromatic N) is 3. The Kier molecular flexibility index (Phi) is 4.37. The van der Waals surface area contributed by atoms with E-state index in [1.807, 2.05) is 0 Å². The van der Waals surface area contributed by atoms with E-state index in [-0.39, 0.29) is 28.1 Å². The molecule has 1 N–H and O–H groups in total. The summed E-state index contributed by atoms with van der Waals surface area (Å²) in [5, 5.41) is 9.68. The highest BCUT2D eigenvalue weighted by Gasteiger charge is 2.38. The molecule has 4 heterocycles. The maximum absolute atomic E-state index is 15.3. The zero-order chi connectivity index (χ0) is 20.4. The SMILES string of the molecule is CN1CC2CCCC1CN2c1c(F)cc2c(=O)c(C(=O)O)cn(C3CC3)c2c1Cl. The lowest BCUT2D eigenvalue weighted by molar-refractivity contribution is 0.0695. The molecular formula is C21H23ClFN3O3. The molecule has 3 saturated heterocycles. The number of likely N-dealkylation sites (N-methyl/N-ethyl adjacent to an activating group) is 1. The second-order valence-corrected chi connectivity index (χ2v) is 8.94. The minimum absolute atomic E-state index is 0.0418. The summed E-state index contributed by atoms with van der Waals surface area (Å²) >= 11 is 6.79. The Bertz CT molecular complexity index is 1080. The standard InChI is InChI=1S/C21H23ClFN3O3/c1-24-8-13-4-2-3-12(24)9-25(13)19-16(23)7-14-18(17(19)22)26(11-5-6-11)10-15(20(14)27)21(28)29/h7,10-13H,2-6,8-9H2,1H3,(H,28,29). The maximum atomic E-state index is 15.3. The number of hydrogen-bond acceptors (Lipinski definition) is 4. The number of anilines is 1. The molecule has 154 valence electrons. The van der Waals surface area contributed by atoms with Crippen molar-refractivity contribution in [2.75, 3.05) is 25.0 Å². The number of aromatic nitrogens is 1.